The van der Waals surface area contributed by atoms with Gasteiger partial charge in [0, 0.05) is 6.54 Å². The zero-order chi connectivity index (χ0) is 12.6. The number of hydrogen-bond donors (Lipinski definition) is 2. The Kier molecular flexibility index (Phi) is 3.02. The standard InChI is InChI=1S/C12H19N3O2/c1-7-4-9(13)11-12(10(7)14)16-6-8(17-11)5-15(2)3/h4,8H,5-6,13-14H2,1-3H3. The molecule has 0 radical (unpaired) electrons. The highest BCUT2D eigenvalue weighted by Crippen LogP contribution is 2.43. The highest BCUT2D eigenvalue weighted by molar-refractivity contribution is 5.74. The van der Waals surface area contributed by atoms with Gasteiger partial charge in [-0.3, -0.25) is 0 Å². The minimum Gasteiger partial charge on any atom is -0.484 e. The fourth-order valence-corrected chi connectivity index (χ4v) is 1.95. The number of fused-ring (bicyclic) bond motifs is 1. The van der Waals surface area contributed by atoms with Crippen LogP contribution in [0.15, 0.2) is 6.07 Å². The second kappa shape index (κ2) is 4.33. The van der Waals surface area contributed by atoms with Gasteiger partial charge in [-0.1, -0.05) is 0 Å². The van der Waals surface area contributed by atoms with Gasteiger partial charge in [-0.25, -0.2) is 0 Å². The summed E-state index contributed by atoms with van der Waals surface area (Å²) in [5.74, 6) is 1.16. The molecule has 0 spiro atoms. The molecule has 0 bridgehead atoms. The Hall–Kier alpha value is -1.62. The van der Waals surface area contributed by atoms with E-state index >= 15 is 0 Å². The van der Waals surface area contributed by atoms with Crippen LogP contribution in [-0.2, 0) is 0 Å². The molecule has 2 rings (SSSR count). The molecule has 1 aromatic rings. The number of benzene rings is 1. The van der Waals surface area contributed by atoms with Crippen LogP contribution in [0.5, 0.6) is 11.5 Å². The van der Waals surface area contributed by atoms with Crippen molar-refractivity contribution in [3.8, 4) is 11.5 Å². The van der Waals surface area contributed by atoms with Crippen molar-refractivity contribution in [2.45, 2.75) is 13.0 Å². The molecule has 94 valence electrons. The molecule has 1 aromatic carbocycles. The molecular formula is C12H19N3O2. The van der Waals surface area contributed by atoms with Crippen molar-refractivity contribution in [2.75, 3.05) is 38.7 Å². The minimum atomic E-state index is -0.0121. The maximum absolute atomic E-state index is 5.95. The maximum Gasteiger partial charge on any atom is 0.186 e. The number of aryl methyl sites for hydroxylation is 1. The molecule has 0 aliphatic carbocycles. The molecule has 0 amide bonds. The number of nitrogen functional groups attached to an aromatic ring is 2. The third-order valence-electron chi connectivity index (χ3n) is 2.78. The van der Waals surface area contributed by atoms with Crippen LogP contribution in [0.4, 0.5) is 11.4 Å². The molecule has 4 N–H and O–H groups in total. The summed E-state index contributed by atoms with van der Waals surface area (Å²) in [5, 5.41) is 0. The van der Waals surface area contributed by atoms with E-state index in [1.165, 1.54) is 0 Å². The Labute approximate surface area is 101 Å². The number of rotatable bonds is 2. The quantitative estimate of drug-likeness (QED) is 0.746. The van der Waals surface area contributed by atoms with E-state index < -0.39 is 0 Å². The van der Waals surface area contributed by atoms with E-state index in [4.69, 9.17) is 20.9 Å². The SMILES string of the molecule is Cc1cc(N)c2c(c1N)OCC(CN(C)C)O2. The van der Waals surface area contributed by atoms with Crippen molar-refractivity contribution in [1.29, 1.82) is 0 Å². The van der Waals surface area contributed by atoms with Gasteiger partial charge in [0.15, 0.2) is 11.5 Å². The fraction of sp³-hybridized carbons (Fsp3) is 0.500. The average molecular weight is 237 g/mol. The molecule has 5 heteroatoms. The first-order chi connectivity index (χ1) is 7.99. The lowest BCUT2D eigenvalue weighted by molar-refractivity contribution is 0.0725. The summed E-state index contributed by atoms with van der Waals surface area (Å²) < 4.78 is 11.5. The fourth-order valence-electron chi connectivity index (χ4n) is 1.95. The zero-order valence-electron chi connectivity index (χ0n) is 10.5. The van der Waals surface area contributed by atoms with E-state index in [1.807, 2.05) is 32.0 Å². The third kappa shape index (κ3) is 2.24. The second-order valence-corrected chi connectivity index (χ2v) is 4.67. The second-order valence-electron chi connectivity index (χ2n) is 4.67. The molecule has 1 aliphatic rings. The van der Waals surface area contributed by atoms with Crippen LogP contribution in [0.25, 0.3) is 0 Å². The van der Waals surface area contributed by atoms with Crippen molar-refractivity contribution < 1.29 is 9.47 Å². The summed E-state index contributed by atoms with van der Waals surface area (Å²) in [6.07, 6.45) is -0.0121. The van der Waals surface area contributed by atoms with Crippen molar-refractivity contribution in [3.05, 3.63) is 11.6 Å². The third-order valence-corrected chi connectivity index (χ3v) is 2.78. The van der Waals surface area contributed by atoms with Crippen LogP contribution in [0.3, 0.4) is 0 Å². The van der Waals surface area contributed by atoms with Crippen molar-refractivity contribution in [2.24, 2.45) is 0 Å². The summed E-state index contributed by atoms with van der Waals surface area (Å²) in [6.45, 7) is 3.19. The molecule has 0 saturated heterocycles. The molecule has 0 saturated carbocycles. The molecule has 1 heterocycles. The van der Waals surface area contributed by atoms with E-state index in [-0.39, 0.29) is 6.10 Å². The van der Waals surface area contributed by atoms with Gasteiger partial charge >= 0.3 is 0 Å². The monoisotopic (exact) mass is 237 g/mol. The van der Waals surface area contributed by atoms with E-state index in [0.717, 1.165) is 12.1 Å². The van der Waals surface area contributed by atoms with Crippen molar-refractivity contribution in [1.82, 2.24) is 4.90 Å². The van der Waals surface area contributed by atoms with Gasteiger partial charge in [-0.2, -0.15) is 0 Å². The first kappa shape index (κ1) is 11.9. The highest BCUT2D eigenvalue weighted by atomic mass is 16.6. The summed E-state index contributed by atoms with van der Waals surface area (Å²) in [5.41, 5.74) is 14.0. The van der Waals surface area contributed by atoms with Crippen LogP contribution in [0.1, 0.15) is 5.56 Å². The predicted molar refractivity (Wildman–Crippen MR) is 68.5 cm³/mol. The van der Waals surface area contributed by atoms with Gasteiger partial charge in [-0.05, 0) is 32.6 Å². The van der Waals surface area contributed by atoms with E-state index in [9.17, 15) is 0 Å². The van der Waals surface area contributed by atoms with E-state index in [2.05, 4.69) is 0 Å². The largest absolute Gasteiger partial charge is 0.484 e. The Balaban J connectivity index is 2.29. The molecule has 1 aliphatic heterocycles. The highest BCUT2D eigenvalue weighted by Gasteiger charge is 2.26. The Morgan fingerprint density at radius 2 is 2.06 bits per heavy atom. The first-order valence-corrected chi connectivity index (χ1v) is 5.61. The predicted octanol–water partition coefficient (Wildman–Crippen LogP) is 0.861. The molecular weight excluding hydrogens is 218 g/mol. The number of nitrogens with zero attached hydrogens (tertiary/aromatic N) is 1. The molecule has 5 nitrogen and oxygen atoms in total. The maximum atomic E-state index is 5.95. The van der Waals surface area contributed by atoms with Gasteiger partial charge in [0.25, 0.3) is 0 Å². The molecule has 1 atom stereocenters. The van der Waals surface area contributed by atoms with Crippen LogP contribution < -0.4 is 20.9 Å². The number of nitrogens with two attached hydrogens (primary N) is 2. The number of hydrogen-bond acceptors (Lipinski definition) is 5. The van der Waals surface area contributed by atoms with Gasteiger partial charge in [-0.15, -0.1) is 0 Å². The summed E-state index contributed by atoms with van der Waals surface area (Å²) in [6, 6.07) is 1.82. The molecule has 0 aromatic heterocycles. The zero-order valence-corrected chi connectivity index (χ0v) is 10.5. The van der Waals surface area contributed by atoms with Gasteiger partial charge < -0.3 is 25.8 Å². The van der Waals surface area contributed by atoms with Crippen LogP contribution in [0, 0.1) is 6.92 Å². The summed E-state index contributed by atoms with van der Waals surface area (Å²) >= 11 is 0. The Morgan fingerprint density at radius 1 is 1.35 bits per heavy atom. The average Bonchev–Trinajstić information content (AvgIpc) is 2.25. The van der Waals surface area contributed by atoms with Crippen molar-refractivity contribution in [3.63, 3.8) is 0 Å². The summed E-state index contributed by atoms with van der Waals surface area (Å²) in [7, 11) is 3.98. The van der Waals surface area contributed by atoms with E-state index in [0.29, 0.717) is 29.5 Å². The number of likely N-dealkylation sites (N-methyl/N-ethyl adjacent to an activating group) is 1. The van der Waals surface area contributed by atoms with Crippen LogP contribution in [0.2, 0.25) is 0 Å². The van der Waals surface area contributed by atoms with Crippen molar-refractivity contribution >= 4 is 11.4 Å². The topological polar surface area (TPSA) is 73.7 Å². The summed E-state index contributed by atoms with van der Waals surface area (Å²) in [4.78, 5) is 2.05. The van der Waals surface area contributed by atoms with Gasteiger partial charge in [0.2, 0.25) is 0 Å². The lowest BCUT2D eigenvalue weighted by Crippen LogP contribution is -2.38. The molecule has 17 heavy (non-hydrogen) atoms. The lowest BCUT2D eigenvalue weighted by atomic mass is 10.1. The number of ether oxygens (including phenoxy) is 2. The normalized spacial score (nSPS) is 18.5. The lowest BCUT2D eigenvalue weighted by Gasteiger charge is -2.30. The number of anilines is 2. The van der Waals surface area contributed by atoms with Gasteiger partial charge in [0.05, 0.1) is 11.4 Å². The first-order valence-electron chi connectivity index (χ1n) is 5.61. The minimum absolute atomic E-state index is 0.0121. The smallest absolute Gasteiger partial charge is 0.186 e. The Morgan fingerprint density at radius 3 is 2.71 bits per heavy atom. The van der Waals surface area contributed by atoms with Crippen LogP contribution in [-0.4, -0.2) is 38.3 Å². The van der Waals surface area contributed by atoms with E-state index in [1.54, 1.807) is 0 Å². The molecule has 1 unspecified atom stereocenters. The Bertz CT molecular complexity index is 432. The van der Waals surface area contributed by atoms with Crippen LogP contribution >= 0.6 is 0 Å². The molecule has 0 fully saturated rings. The van der Waals surface area contributed by atoms with Gasteiger partial charge in [0.1, 0.15) is 12.7 Å².